The van der Waals surface area contributed by atoms with Crippen LogP contribution in [0.5, 0.6) is 5.75 Å². The normalized spacial score (nSPS) is 10.3. The molecule has 4 heteroatoms. The van der Waals surface area contributed by atoms with E-state index in [2.05, 4.69) is 10.6 Å². The number of fused-ring (bicyclic) bond motifs is 1. The van der Waals surface area contributed by atoms with E-state index < -0.39 is 0 Å². The van der Waals surface area contributed by atoms with Gasteiger partial charge in [0.05, 0.1) is 5.69 Å². The van der Waals surface area contributed by atoms with Crippen molar-refractivity contribution in [1.29, 1.82) is 0 Å². The van der Waals surface area contributed by atoms with Crippen molar-refractivity contribution in [2.45, 2.75) is 0 Å². The van der Waals surface area contributed by atoms with Crippen LogP contribution in [0.3, 0.4) is 0 Å². The van der Waals surface area contributed by atoms with Gasteiger partial charge in [-0.05, 0) is 35.7 Å². The SMILES string of the molecule is O=C(Nc1ccccc1)Nc1cccc2ccc(O)cc12. The molecule has 0 spiro atoms. The lowest BCUT2D eigenvalue weighted by Crippen LogP contribution is -2.19. The number of phenolic OH excluding ortho intramolecular Hbond substituents is 1. The second-order valence-corrected chi connectivity index (χ2v) is 4.66. The Balaban J connectivity index is 1.84. The number of carbonyl (C=O) groups is 1. The maximum atomic E-state index is 12.0. The Hall–Kier alpha value is -3.01. The minimum atomic E-state index is -0.322. The molecule has 0 radical (unpaired) electrons. The number of hydrogen-bond donors (Lipinski definition) is 3. The van der Waals surface area contributed by atoms with Crippen LogP contribution < -0.4 is 10.6 Å². The highest BCUT2D eigenvalue weighted by atomic mass is 16.3. The molecule has 3 N–H and O–H groups in total. The highest BCUT2D eigenvalue weighted by Crippen LogP contribution is 2.27. The molecule has 0 unspecified atom stereocenters. The van der Waals surface area contributed by atoms with Crippen LogP contribution in [0.1, 0.15) is 0 Å². The highest BCUT2D eigenvalue weighted by Gasteiger charge is 2.06. The van der Waals surface area contributed by atoms with Crippen LogP contribution in [0.2, 0.25) is 0 Å². The summed E-state index contributed by atoms with van der Waals surface area (Å²) in [6.45, 7) is 0. The molecule has 21 heavy (non-hydrogen) atoms. The van der Waals surface area contributed by atoms with E-state index in [-0.39, 0.29) is 11.8 Å². The van der Waals surface area contributed by atoms with E-state index in [0.717, 1.165) is 16.5 Å². The van der Waals surface area contributed by atoms with Crippen molar-refractivity contribution in [2.24, 2.45) is 0 Å². The van der Waals surface area contributed by atoms with Gasteiger partial charge in [-0.25, -0.2) is 4.79 Å². The Kier molecular flexibility index (Phi) is 3.43. The van der Waals surface area contributed by atoms with Gasteiger partial charge >= 0.3 is 6.03 Å². The number of para-hydroxylation sites is 1. The predicted molar refractivity (Wildman–Crippen MR) is 84.7 cm³/mol. The Labute approximate surface area is 122 Å². The molecule has 2 amide bonds. The monoisotopic (exact) mass is 278 g/mol. The van der Waals surface area contributed by atoms with Gasteiger partial charge in [-0.3, -0.25) is 0 Å². The first kappa shape index (κ1) is 13.0. The van der Waals surface area contributed by atoms with Gasteiger partial charge in [0.1, 0.15) is 5.75 Å². The van der Waals surface area contributed by atoms with Crippen molar-refractivity contribution in [3.05, 3.63) is 66.7 Å². The molecular formula is C17H14N2O2. The fourth-order valence-corrected chi connectivity index (χ4v) is 2.18. The number of urea groups is 1. The highest BCUT2D eigenvalue weighted by molar-refractivity contribution is 6.06. The Morgan fingerprint density at radius 3 is 2.48 bits per heavy atom. The zero-order chi connectivity index (χ0) is 14.7. The minimum Gasteiger partial charge on any atom is -0.508 e. The summed E-state index contributed by atoms with van der Waals surface area (Å²) in [7, 11) is 0. The van der Waals surface area contributed by atoms with E-state index >= 15 is 0 Å². The van der Waals surface area contributed by atoms with Gasteiger partial charge in [0, 0.05) is 11.1 Å². The molecule has 0 aliphatic rings. The first-order valence-corrected chi connectivity index (χ1v) is 6.57. The standard InChI is InChI=1S/C17H14N2O2/c20-14-10-9-12-5-4-8-16(15(12)11-14)19-17(21)18-13-6-2-1-3-7-13/h1-11,20H,(H2,18,19,21). The van der Waals surface area contributed by atoms with Crippen molar-refractivity contribution in [1.82, 2.24) is 0 Å². The molecule has 0 bridgehead atoms. The summed E-state index contributed by atoms with van der Waals surface area (Å²) in [5.74, 6) is 0.167. The fourth-order valence-electron chi connectivity index (χ4n) is 2.18. The number of phenols is 1. The molecule has 0 atom stereocenters. The van der Waals surface area contributed by atoms with E-state index in [1.54, 1.807) is 18.2 Å². The lowest BCUT2D eigenvalue weighted by molar-refractivity contribution is 0.262. The van der Waals surface area contributed by atoms with Crippen LogP contribution >= 0.6 is 0 Å². The second kappa shape index (κ2) is 5.54. The number of benzene rings is 3. The maximum Gasteiger partial charge on any atom is 0.323 e. The topological polar surface area (TPSA) is 61.4 Å². The van der Waals surface area contributed by atoms with Crippen LogP contribution in [0.15, 0.2) is 66.7 Å². The van der Waals surface area contributed by atoms with E-state index in [0.29, 0.717) is 5.69 Å². The smallest absolute Gasteiger partial charge is 0.323 e. The number of rotatable bonds is 2. The van der Waals surface area contributed by atoms with Crippen LogP contribution in [0.4, 0.5) is 16.2 Å². The minimum absolute atomic E-state index is 0.167. The van der Waals surface area contributed by atoms with Gasteiger partial charge in [0.25, 0.3) is 0 Å². The molecule has 0 saturated heterocycles. The molecular weight excluding hydrogens is 264 g/mol. The average Bonchev–Trinajstić information content (AvgIpc) is 2.49. The number of carbonyl (C=O) groups excluding carboxylic acids is 1. The molecule has 3 aromatic carbocycles. The lowest BCUT2D eigenvalue weighted by atomic mass is 10.1. The second-order valence-electron chi connectivity index (χ2n) is 4.66. The van der Waals surface area contributed by atoms with E-state index in [1.807, 2.05) is 48.5 Å². The quantitative estimate of drug-likeness (QED) is 0.658. The van der Waals surface area contributed by atoms with Crippen molar-refractivity contribution in [3.63, 3.8) is 0 Å². The van der Waals surface area contributed by atoms with Gasteiger partial charge in [-0.2, -0.15) is 0 Å². The largest absolute Gasteiger partial charge is 0.508 e. The molecule has 0 saturated carbocycles. The molecule has 3 aromatic rings. The predicted octanol–water partition coefficient (Wildman–Crippen LogP) is 4.19. The third-order valence-corrected chi connectivity index (χ3v) is 3.15. The maximum absolute atomic E-state index is 12.0. The van der Waals surface area contributed by atoms with Crippen LogP contribution in [-0.4, -0.2) is 11.1 Å². The van der Waals surface area contributed by atoms with E-state index in [1.165, 1.54) is 0 Å². The van der Waals surface area contributed by atoms with Crippen molar-refractivity contribution in [2.75, 3.05) is 10.6 Å². The number of hydrogen-bond acceptors (Lipinski definition) is 2. The summed E-state index contributed by atoms with van der Waals surface area (Å²) in [5, 5.41) is 16.9. The average molecular weight is 278 g/mol. The van der Waals surface area contributed by atoms with Crippen molar-refractivity contribution in [3.8, 4) is 5.75 Å². The summed E-state index contributed by atoms with van der Waals surface area (Å²) in [5.41, 5.74) is 1.37. The number of aromatic hydroxyl groups is 1. The molecule has 3 rings (SSSR count). The Morgan fingerprint density at radius 2 is 1.67 bits per heavy atom. The summed E-state index contributed by atoms with van der Waals surface area (Å²) < 4.78 is 0. The molecule has 104 valence electrons. The first-order chi connectivity index (χ1) is 10.2. The van der Waals surface area contributed by atoms with Crippen LogP contribution in [-0.2, 0) is 0 Å². The Morgan fingerprint density at radius 1 is 0.857 bits per heavy atom. The molecule has 4 nitrogen and oxygen atoms in total. The fraction of sp³-hybridized carbons (Fsp3) is 0. The van der Waals surface area contributed by atoms with Gasteiger partial charge in [-0.15, -0.1) is 0 Å². The number of anilines is 2. The van der Waals surface area contributed by atoms with Gasteiger partial charge in [0.15, 0.2) is 0 Å². The van der Waals surface area contributed by atoms with Crippen LogP contribution in [0.25, 0.3) is 10.8 Å². The molecule has 0 aliphatic carbocycles. The van der Waals surface area contributed by atoms with Crippen molar-refractivity contribution >= 4 is 28.2 Å². The zero-order valence-electron chi connectivity index (χ0n) is 11.2. The number of nitrogens with one attached hydrogen (secondary N) is 2. The third kappa shape index (κ3) is 2.95. The first-order valence-electron chi connectivity index (χ1n) is 6.57. The third-order valence-electron chi connectivity index (χ3n) is 3.15. The number of amides is 2. The van der Waals surface area contributed by atoms with Gasteiger partial charge in [0.2, 0.25) is 0 Å². The van der Waals surface area contributed by atoms with Gasteiger partial charge < -0.3 is 15.7 Å². The lowest BCUT2D eigenvalue weighted by Gasteiger charge is -2.10. The zero-order valence-corrected chi connectivity index (χ0v) is 11.2. The molecule has 0 fully saturated rings. The van der Waals surface area contributed by atoms with E-state index in [9.17, 15) is 9.90 Å². The summed E-state index contributed by atoms with van der Waals surface area (Å²) >= 11 is 0. The van der Waals surface area contributed by atoms with E-state index in [4.69, 9.17) is 0 Å². The molecule has 0 aromatic heterocycles. The summed E-state index contributed by atoms with van der Waals surface area (Å²) in [6.07, 6.45) is 0. The van der Waals surface area contributed by atoms with Gasteiger partial charge in [-0.1, -0.05) is 36.4 Å². The summed E-state index contributed by atoms with van der Waals surface area (Å²) in [4.78, 5) is 12.0. The molecule has 0 heterocycles. The summed E-state index contributed by atoms with van der Waals surface area (Å²) in [6, 6.07) is 19.5. The van der Waals surface area contributed by atoms with Crippen molar-refractivity contribution < 1.29 is 9.90 Å². The Bertz CT molecular complexity index is 785. The van der Waals surface area contributed by atoms with Crippen LogP contribution in [0, 0.1) is 0 Å². The molecule has 0 aliphatic heterocycles.